The highest BCUT2D eigenvalue weighted by Crippen LogP contribution is 2.77. The van der Waals surface area contributed by atoms with E-state index in [1.54, 1.807) is 0 Å². The first-order valence-corrected chi connectivity index (χ1v) is 4.69. The molecule has 1 saturated heterocycles. The zero-order chi connectivity index (χ0) is 8.79. The van der Waals surface area contributed by atoms with Gasteiger partial charge < -0.3 is 4.74 Å². The van der Waals surface area contributed by atoms with Crippen LogP contribution < -0.4 is 0 Å². The SMILES string of the molecule is O=C1OC(=O)[C@H]2C3CC34C=CC4[C@@H]12. The second-order valence-electron chi connectivity index (χ2n) is 4.60. The van der Waals surface area contributed by atoms with E-state index in [4.69, 9.17) is 0 Å². The van der Waals surface area contributed by atoms with Crippen molar-refractivity contribution in [2.24, 2.45) is 29.1 Å². The fourth-order valence-corrected chi connectivity index (χ4v) is 3.58. The molecule has 1 spiro atoms. The highest BCUT2D eigenvalue weighted by Gasteiger charge is 2.77. The number of allylic oxidation sites excluding steroid dienone is 2. The summed E-state index contributed by atoms with van der Waals surface area (Å²) in [6, 6.07) is 0. The summed E-state index contributed by atoms with van der Waals surface area (Å²) in [5.74, 6) is -0.0411. The van der Waals surface area contributed by atoms with Crippen LogP contribution in [0.25, 0.3) is 0 Å². The van der Waals surface area contributed by atoms with E-state index in [-0.39, 0.29) is 29.2 Å². The van der Waals surface area contributed by atoms with E-state index in [1.165, 1.54) is 0 Å². The van der Waals surface area contributed by atoms with E-state index in [0.29, 0.717) is 11.8 Å². The predicted molar refractivity (Wildman–Crippen MR) is 41.2 cm³/mol. The van der Waals surface area contributed by atoms with Gasteiger partial charge in [0.1, 0.15) is 0 Å². The van der Waals surface area contributed by atoms with Crippen LogP contribution in [0.2, 0.25) is 0 Å². The minimum Gasteiger partial charge on any atom is -0.393 e. The van der Waals surface area contributed by atoms with E-state index in [2.05, 4.69) is 16.9 Å². The predicted octanol–water partition coefficient (Wildman–Crippen LogP) is 0.508. The molecule has 4 rings (SSSR count). The molecule has 13 heavy (non-hydrogen) atoms. The lowest BCUT2D eigenvalue weighted by atomic mass is 9.74. The van der Waals surface area contributed by atoms with Crippen molar-refractivity contribution in [3.05, 3.63) is 12.2 Å². The van der Waals surface area contributed by atoms with Crippen LogP contribution in [0.5, 0.6) is 0 Å². The Morgan fingerprint density at radius 3 is 2.77 bits per heavy atom. The average molecular weight is 176 g/mol. The van der Waals surface area contributed by atoms with Crippen molar-refractivity contribution in [3.63, 3.8) is 0 Å². The third-order valence-corrected chi connectivity index (χ3v) is 4.29. The van der Waals surface area contributed by atoms with E-state index in [9.17, 15) is 9.59 Å². The van der Waals surface area contributed by atoms with Gasteiger partial charge in [-0.3, -0.25) is 9.59 Å². The Morgan fingerprint density at radius 1 is 1.31 bits per heavy atom. The second kappa shape index (κ2) is 1.47. The molecule has 3 fully saturated rings. The lowest BCUT2D eigenvalue weighted by Crippen LogP contribution is -2.28. The number of fused-ring (bicyclic) bond motifs is 3. The smallest absolute Gasteiger partial charge is 0.318 e. The highest BCUT2D eigenvalue weighted by molar-refractivity contribution is 5.98. The standard InChI is InChI=1S/C10H8O3/c11-8-6-4-1-2-10(4)3-5(10)7(6)9(12)13-8/h1-2,4-7H,3H2/t4?,5?,6-,7+,10?/m1/s1. The molecule has 0 N–H and O–H groups in total. The molecule has 0 aromatic heterocycles. The van der Waals surface area contributed by atoms with Crippen molar-refractivity contribution >= 4 is 11.9 Å². The van der Waals surface area contributed by atoms with Crippen molar-refractivity contribution in [1.82, 2.24) is 0 Å². The van der Waals surface area contributed by atoms with E-state index < -0.39 is 0 Å². The fourth-order valence-electron chi connectivity index (χ4n) is 3.58. The van der Waals surface area contributed by atoms with Crippen LogP contribution in [0.15, 0.2) is 12.2 Å². The molecule has 0 aromatic rings. The summed E-state index contributed by atoms with van der Waals surface area (Å²) >= 11 is 0. The minimum absolute atomic E-state index is 0.104. The molecule has 5 atom stereocenters. The van der Waals surface area contributed by atoms with Gasteiger partial charge in [-0.05, 0) is 17.8 Å². The lowest BCUT2D eigenvalue weighted by molar-refractivity contribution is -0.154. The quantitative estimate of drug-likeness (QED) is 0.307. The monoisotopic (exact) mass is 176 g/mol. The van der Waals surface area contributed by atoms with Gasteiger partial charge in [0.05, 0.1) is 11.8 Å². The van der Waals surface area contributed by atoms with Gasteiger partial charge in [-0.15, -0.1) is 0 Å². The summed E-state index contributed by atoms with van der Waals surface area (Å²) < 4.78 is 4.66. The van der Waals surface area contributed by atoms with Gasteiger partial charge >= 0.3 is 11.9 Å². The van der Waals surface area contributed by atoms with E-state index in [0.717, 1.165) is 6.42 Å². The fraction of sp³-hybridized carbons (Fsp3) is 0.600. The number of carbonyl (C=O) groups is 2. The molecular formula is C10H8O3. The molecule has 3 nitrogen and oxygen atoms in total. The third-order valence-electron chi connectivity index (χ3n) is 4.29. The minimum atomic E-state index is -0.282. The normalized spacial score (nSPS) is 59.4. The molecule has 3 aliphatic carbocycles. The Labute approximate surface area is 74.7 Å². The zero-order valence-corrected chi connectivity index (χ0v) is 6.90. The number of esters is 2. The molecule has 2 saturated carbocycles. The highest BCUT2D eigenvalue weighted by atomic mass is 16.6. The van der Waals surface area contributed by atoms with Gasteiger partial charge in [-0.1, -0.05) is 12.2 Å². The summed E-state index contributed by atoms with van der Waals surface area (Å²) in [4.78, 5) is 22.7. The summed E-state index contributed by atoms with van der Waals surface area (Å²) in [6.07, 6.45) is 5.35. The maximum atomic E-state index is 11.3. The van der Waals surface area contributed by atoms with E-state index >= 15 is 0 Å². The average Bonchev–Trinajstić information content (AvgIpc) is 2.68. The number of carbonyl (C=O) groups excluding carboxylic acids is 2. The largest absolute Gasteiger partial charge is 0.393 e. The number of hydrogen-bond donors (Lipinski definition) is 0. The van der Waals surface area contributed by atoms with Crippen LogP contribution in [-0.2, 0) is 14.3 Å². The number of cyclic esters (lactones) is 2. The van der Waals surface area contributed by atoms with Crippen LogP contribution >= 0.6 is 0 Å². The Balaban J connectivity index is 1.88. The van der Waals surface area contributed by atoms with Crippen LogP contribution in [0, 0.1) is 29.1 Å². The molecule has 3 heteroatoms. The van der Waals surface area contributed by atoms with Gasteiger partial charge in [-0.2, -0.15) is 0 Å². The molecule has 1 heterocycles. The third kappa shape index (κ3) is 0.446. The topological polar surface area (TPSA) is 43.4 Å². The van der Waals surface area contributed by atoms with Gasteiger partial charge in [0.25, 0.3) is 0 Å². The zero-order valence-electron chi connectivity index (χ0n) is 6.90. The molecule has 4 aliphatic rings. The Bertz CT molecular complexity index is 384. The van der Waals surface area contributed by atoms with Gasteiger partial charge in [0.15, 0.2) is 0 Å². The Kier molecular flexibility index (Phi) is 0.718. The molecule has 0 amide bonds. The van der Waals surface area contributed by atoms with Crippen molar-refractivity contribution in [3.8, 4) is 0 Å². The molecule has 3 unspecified atom stereocenters. The summed E-state index contributed by atoms with van der Waals surface area (Å²) in [6.45, 7) is 0. The van der Waals surface area contributed by atoms with Crippen LogP contribution in [0.1, 0.15) is 6.42 Å². The molecule has 1 aliphatic heterocycles. The number of hydrogen-bond acceptors (Lipinski definition) is 3. The lowest BCUT2D eigenvalue weighted by Gasteiger charge is -2.28. The van der Waals surface area contributed by atoms with Gasteiger partial charge in [0.2, 0.25) is 0 Å². The summed E-state index contributed by atoms with van der Waals surface area (Å²) in [7, 11) is 0. The van der Waals surface area contributed by atoms with Crippen LogP contribution in [0.4, 0.5) is 0 Å². The van der Waals surface area contributed by atoms with Crippen molar-refractivity contribution < 1.29 is 14.3 Å². The molecule has 0 radical (unpaired) electrons. The van der Waals surface area contributed by atoms with Crippen molar-refractivity contribution in [1.29, 1.82) is 0 Å². The van der Waals surface area contributed by atoms with Crippen molar-refractivity contribution in [2.45, 2.75) is 6.42 Å². The van der Waals surface area contributed by atoms with Gasteiger partial charge in [-0.25, -0.2) is 0 Å². The number of ether oxygens (including phenoxy) is 1. The Morgan fingerprint density at radius 2 is 2.08 bits per heavy atom. The second-order valence-corrected chi connectivity index (χ2v) is 4.60. The summed E-state index contributed by atoms with van der Waals surface area (Å²) in [5.41, 5.74) is 0.254. The molecular weight excluding hydrogens is 168 g/mol. The summed E-state index contributed by atoms with van der Waals surface area (Å²) in [5, 5.41) is 0. The van der Waals surface area contributed by atoms with Crippen LogP contribution in [-0.4, -0.2) is 11.9 Å². The first kappa shape index (κ1) is 6.35. The number of rotatable bonds is 0. The molecule has 0 aromatic carbocycles. The van der Waals surface area contributed by atoms with E-state index in [1.807, 2.05) is 0 Å². The first-order valence-electron chi connectivity index (χ1n) is 4.69. The maximum Gasteiger partial charge on any atom is 0.318 e. The Hall–Kier alpha value is -1.12. The first-order chi connectivity index (χ1) is 6.24. The molecule has 0 bridgehead atoms. The maximum absolute atomic E-state index is 11.3. The van der Waals surface area contributed by atoms with Crippen molar-refractivity contribution in [2.75, 3.05) is 0 Å². The van der Waals surface area contributed by atoms with Gasteiger partial charge in [0, 0.05) is 5.92 Å². The van der Waals surface area contributed by atoms with Crippen LogP contribution in [0.3, 0.4) is 0 Å². The molecule has 66 valence electrons.